The van der Waals surface area contributed by atoms with Crippen LogP contribution in [0.15, 0.2) is 48.7 Å². The van der Waals surface area contributed by atoms with Gasteiger partial charge in [-0.2, -0.15) is 0 Å². The molecule has 1 aliphatic heterocycles. The minimum absolute atomic E-state index is 0.0159. The van der Waals surface area contributed by atoms with Crippen molar-refractivity contribution in [3.05, 3.63) is 73.9 Å². The highest BCUT2D eigenvalue weighted by atomic mass is 35.5. The molecule has 0 saturated carbocycles. The van der Waals surface area contributed by atoms with E-state index in [1.54, 1.807) is 36.5 Å². The highest BCUT2D eigenvalue weighted by molar-refractivity contribution is 6.33. The quantitative estimate of drug-likeness (QED) is 0.469. The van der Waals surface area contributed by atoms with Gasteiger partial charge in [-0.15, -0.1) is 0 Å². The lowest BCUT2D eigenvalue weighted by molar-refractivity contribution is -0.384. The fraction of sp³-hybridized carbons (Fsp3) is 0.211. The summed E-state index contributed by atoms with van der Waals surface area (Å²) < 4.78 is 0. The predicted octanol–water partition coefficient (Wildman–Crippen LogP) is 4.03. The predicted molar refractivity (Wildman–Crippen MR) is 111 cm³/mol. The summed E-state index contributed by atoms with van der Waals surface area (Å²) in [7, 11) is 0. The number of pyridine rings is 1. The van der Waals surface area contributed by atoms with Crippen molar-refractivity contribution in [1.29, 1.82) is 0 Å². The van der Waals surface area contributed by atoms with Crippen LogP contribution in [0.25, 0.3) is 10.9 Å². The molecule has 0 unspecified atom stereocenters. The molecule has 1 saturated heterocycles. The van der Waals surface area contributed by atoms with Crippen LogP contribution in [0.5, 0.6) is 0 Å². The second-order valence-electron chi connectivity index (χ2n) is 6.60. The number of halogens is 1. The van der Waals surface area contributed by atoms with E-state index in [0.717, 1.165) is 5.69 Å². The Morgan fingerprint density at radius 2 is 1.55 bits per heavy atom. The Morgan fingerprint density at radius 1 is 0.862 bits per heavy atom. The molecule has 0 bridgehead atoms. The summed E-state index contributed by atoms with van der Waals surface area (Å²) in [5.74, 6) is 0. The average Bonchev–Trinajstić information content (AvgIpc) is 2.72. The normalized spacial score (nSPS) is 14.2. The second-order valence-corrected chi connectivity index (χ2v) is 7.01. The summed E-state index contributed by atoms with van der Waals surface area (Å²) >= 11 is 6.25. The molecule has 0 atom stereocenters. The number of anilines is 2. The highest BCUT2D eigenvalue weighted by Crippen LogP contribution is 2.37. The minimum atomic E-state index is -0.429. The van der Waals surface area contributed by atoms with E-state index in [-0.39, 0.29) is 11.4 Å². The number of fused-ring (bicyclic) bond motifs is 1. The molecule has 148 valence electrons. The standard InChI is InChI=1S/C19H16ClN5O4/c20-14-4-1-5-17(25(28)29)19(14)23-11-9-22(10-12-23)16-7-6-15(24(26)27)13-3-2-8-21-18(13)16/h1-8H,9-12H2. The van der Waals surface area contributed by atoms with Gasteiger partial charge in [0.25, 0.3) is 11.4 Å². The first kappa shape index (κ1) is 18.9. The van der Waals surface area contributed by atoms with Crippen LogP contribution in [0, 0.1) is 20.2 Å². The molecule has 4 rings (SSSR count). The maximum atomic E-state index is 11.4. The van der Waals surface area contributed by atoms with Crippen molar-refractivity contribution in [2.75, 3.05) is 36.0 Å². The van der Waals surface area contributed by atoms with E-state index in [4.69, 9.17) is 11.6 Å². The van der Waals surface area contributed by atoms with E-state index in [9.17, 15) is 20.2 Å². The van der Waals surface area contributed by atoms with Gasteiger partial charge < -0.3 is 9.80 Å². The molecular weight excluding hydrogens is 398 g/mol. The van der Waals surface area contributed by atoms with Gasteiger partial charge in [-0.25, -0.2) is 0 Å². The van der Waals surface area contributed by atoms with E-state index >= 15 is 0 Å². The molecule has 1 aromatic heterocycles. The largest absolute Gasteiger partial charge is 0.366 e. The van der Waals surface area contributed by atoms with Gasteiger partial charge >= 0.3 is 0 Å². The number of aromatic nitrogens is 1. The number of piperazine rings is 1. The van der Waals surface area contributed by atoms with E-state index in [1.165, 1.54) is 12.1 Å². The van der Waals surface area contributed by atoms with Gasteiger partial charge in [0.15, 0.2) is 0 Å². The summed E-state index contributed by atoms with van der Waals surface area (Å²) in [5, 5.41) is 23.5. The number of para-hydroxylation sites is 1. The molecule has 0 N–H and O–H groups in total. The Kier molecular flexibility index (Phi) is 4.89. The molecular formula is C19H16ClN5O4. The monoisotopic (exact) mass is 413 g/mol. The maximum Gasteiger partial charge on any atom is 0.294 e. The van der Waals surface area contributed by atoms with Gasteiger partial charge in [0.2, 0.25) is 0 Å². The van der Waals surface area contributed by atoms with Crippen molar-refractivity contribution in [3.8, 4) is 0 Å². The lowest BCUT2D eigenvalue weighted by Gasteiger charge is -2.37. The van der Waals surface area contributed by atoms with Gasteiger partial charge in [0, 0.05) is 44.5 Å². The van der Waals surface area contributed by atoms with Crippen molar-refractivity contribution in [1.82, 2.24) is 4.98 Å². The third-order valence-electron chi connectivity index (χ3n) is 5.02. The summed E-state index contributed by atoms with van der Waals surface area (Å²) in [6, 6.07) is 11.2. The summed E-state index contributed by atoms with van der Waals surface area (Å²) in [6.45, 7) is 2.20. The molecule has 10 heteroatoms. The molecule has 9 nitrogen and oxygen atoms in total. The number of nitro benzene ring substituents is 2. The van der Waals surface area contributed by atoms with Crippen LogP contribution < -0.4 is 9.80 Å². The Balaban J connectivity index is 1.63. The van der Waals surface area contributed by atoms with E-state index < -0.39 is 9.85 Å². The zero-order chi connectivity index (χ0) is 20.5. The van der Waals surface area contributed by atoms with Crippen molar-refractivity contribution in [2.45, 2.75) is 0 Å². The van der Waals surface area contributed by atoms with Gasteiger partial charge in [-0.3, -0.25) is 25.2 Å². The van der Waals surface area contributed by atoms with Gasteiger partial charge in [0.1, 0.15) is 11.2 Å². The van der Waals surface area contributed by atoms with Crippen LogP contribution >= 0.6 is 11.6 Å². The third-order valence-corrected chi connectivity index (χ3v) is 5.33. The highest BCUT2D eigenvalue weighted by Gasteiger charge is 2.27. The van der Waals surface area contributed by atoms with Crippen LogP contribution in [0.2, 0.25) is 5.02 Å². The number of nitro groups is 2. The van der Waals surface area contributed by atoms with Crippen LogP contribution in [0.1, 0.15) is 0 Å². The number of rotatable bonds is 4. The first-order valence-corrected chi connectivity index (χ1v) is 9.30. The average molecular weight is 414 g/mol. The molecule has 1 aliphatic rings. The summed E-state index contributed by atoms with van der Waals surface area (Å²) in [5.41, 5.74) is 1.79. The smallest absolute Gasteiger partial charge is 0.294 e. The molecule has 2 aromatic carbocycles. The van der Waals surface area contributed by atoms with Crippen LogP contribution in [0.4, 0.5) is 22.7 Å². The maximum absolute atomic E-state index is 11.4. The van der Waals surface area contributed by atoms with Crippen LogP contribution in [0.3, 0.4) is 0 Å². The van der Waals surface area contributed by atoms with E-state index in [2.05, 4.69) is 9.88 Å². The van der Waals surface area contributed by atoms with Gasteiger partial charge in [-0.05, 0) is 24.3 Å². The molecule has 0 aliphatic carbocycles. The Hall–Kier alpha value is -3.46. The Labute approximate surface area is 170 Å². The van der Waals surface area contributed by atoms with Gasteiger partial charge in [-0.1, -0.05) is 17.7 Å². The molecule has 0 amide bonds. The Bertz CT molecular complexity index is 1110. The van der Waals surface area contributed by atoms with E-state index in [1.807, 2.05) is 4.90 Å². The fourth-order valence-electron chi connectivity index (χ4n) is 3.69. The van der Waals surface area contributed by atoms with Crippen LogP contribution in [-0.2, 0) is 0 Å². The van der Waals surface area contributed by atoms with Crippen molar-refractivity contribution in [2.24, 2.45) is 0 Å². The van der Waals surface area contributed by atoms with E-state index in [0.29, 0.717) is 47.8 Å². The first-order chi connectivity index (χ1) is 14.0. The summed E-state index contributed by atoms with van der Waals surface area (Å²) in [6.07, 6.45) is 1.61. The summed E-state index contributed by atoms with van der Waals surface area (Å²) in [4.78, 5) is 30.2. The molecule has 0 radical (unpaired) electrons. The molecule has 0 spiro atoms. The number of hydrogen-bond acceptors (Lipinski definition) is 7. The van der Waals surface area contributed by atoms with Crippen molar-refractivity contribution < 1.29 is 9.85 Å². The Morgan fingerprint density at radius 3 is 2.24 bits per heavy atom. The minimum Gasteiger partial charge on any atom is -0.366 e. The van der Waals surface area contributed by atoms with Crippen molar-refractivity contribution in [3.63, 3.8) is 0 Å². The SMILES string of the molecule is O=[N+]([O-])c1cccc(Cl)c1N1CCN(c2ccc([N+](=O)[O-])c3cccnc23)CC1. The third kappa shape index (κ3) is 3.40. The zero-order valence-corrected chi connectivity index (χ0v) is 16.0. The lowest BCUT2D eigenvalue weighted by atomic mass is 10.1. The number of non-ortho nitro benzene ring substituents is 1. The van der Waals surface area contributed by atoms with Crippen LogP contribution in [-0.4, -0.2) is 41.0 Å². The fourth-order valence-corrected chi connectivity index (χ4v) is 3.98. The molecule has 2 heterocycles. The number of hydrogen-bond donors (Lipinski definition) is 0. The zero-order valence-electron chi connectivity index (χ0n) is 15.2. The number of nitrogens with zero attached hydrogens (tertiary/aromatic N) is 5. The molecule has 29 heavy (non-hydrogen) atoms. The first-order valence-electron chi connectivity index (χ1n) is 8.92. The van der Waals surface area contributed by atoms with Gasteiger partial charge in [0.05, 0.1) is 25.9 Å². The topological polar surface area (TPSA) is 106 Å². The molecule has 1 fully saturated rings. The molecule has 3 aromatic rings. The van der Waals surface area contributed by atoms with Crippen molar-refractivity contribution >= 4 is 45.3 Å². The lowest BCUT2D eigenvalue weighted by Crippen LogP contribution is -2.47. The number of benzene rings is 2. The second kappa shape index (κ2) is 7.51.